The number of aromatic amines is 3. The molecule has 61 heavy (non-hydrogen) atoms. The molecule has 0 atom stereocenters. The monoisotopic (exact) mass is 861 g/mol. The van der Waals surface area contributed by atoms with Crippen LogP contribution in [0.1, 0.15) is 30.7 Å². The van der Waals surface area contributed by atoms with Crippen molar-refractivity contribution in [2.45, 2.75) is 19.3 Å². The Kier molecular flexibility index (Phi) is 9.39. The molecular weight excluding hydrogens is 840 g/mol. The highest BCUT2D eigenvalue weighted by atomic mass is 19.2. The normalized spacial score (nSPS) is 13.6. The Labute approximate surface area is 331 Å². The number of aromatic nitrogens is 4. The first-order valence-corrected chi connectivity index (χ1v) is 18.1. The lowest BCUT2D eigenvalue weighted by Crippen LogP contribution is -2.31. The highest BCUT2D eigenvalue weighted by Gasteiger charge is 2.34. The van der Waals surface area contributed by atoms with E-state index in [1.54, 1.807) is 0 Å². The molecular formula is C42H21F14N5. The first-order chi connectivity index (χ1) is 29.1. The number of hydrogen-bond donors (Lipinski definition) is 3. The third kappa shape index (κ3) is 5.94. The SMILES string of the molecule is Fc1c(F)c(F)c(-c2c3nc(c4ccc([nH]4)c(-c4c(F)c(F)c(N5CCCCC5)c(F)c4F)c4ccc([nH]4)c(-c4c(F)c(F)c(F)c(F)c4F)c4ccc2[nH]4)C=C3)c(F)c1F. The number of rotatable bonds is 4. The summed E-state index contributed by atoms with van der Waals surface area (Å²) in [5, 5.41) is 0. The Hall–Kier alpha value is -6.79. The summed E-state index contributed by atoms with van der Waals surface area (Å²) in [6.45, 7) is 0.162. The van der Waals surface area contributed by atoms with Crippen LogP contribution in [0.25, 0.3) is 78.6 Å². The number of benzene rings is 3. The Balaban J connectivity index is 1.48. The Morgan fingerprint density at radius 1 is 0.328 bits per heavy atom. The zero-order valence-corrected chi connectivity index (χ0v) is 30.3. The van der Waals surface area contributed by atoms with Crippen molar-refractivity contribution in [3.05, 3.63) is 129 Å². The van der Waals surface area contributed by atoms with Gasteiger partial charge in [-0.2, -0.15) is 0 Å². The van der Waals surface area contributed by atoms with Crippen molar-refractivity contribution in [3.8, 4) is 33.4 Å². The van der Waals surface area contributed by atoms with E-state index < -0.39 is 148 Å². The molecule has 312 valence electrons. The zero-order chi connectivity index (χ0) is 43.3. The van der Waals surface area contributed by atoms with Crippen molar-refractivity contribution < 1.29 is 61.5 Å². The summed E-state index contributed by atoms with van der Waals surface area (Å²) in [6, 6.07) is 6.18. The van der Waals surface area contributed by atoms with Crippen LogP contribution < -0.4 is 4.90 Å². The highest BCUT2D eigenvalue weighted by molar-refractivity contribution is 6.01. The third-order valence-corrected chi connectivity index (χ3v) is 10.7. The van der Waals surface area contributed by atoms with Gasteiger partial charge in [0, 0.05) is 57.4 Å². The van der Waals surface area contributed by atoms with Crippen LogP contribution in [0.2, 0.25) is 0 Å². The Morgan fingerprint density at radius 2 is 0.639 bits per heavy atom. The summed E-state index contributed by atoms with van der Waals surface area (Å²) in [6.07, 6.45) is 3.91. The zero-order valence-electron chi connectivity index (χ0n) is 30.3. The third-order valence-electron chi connectivity index (χ3n) is 10.7. The molecule has 9 rings (SSSR count). The van der Waals surface area contributed by atoms with Crippen molar-refractivity contribution in [1.29, 1.82) is 0 Å². The minimum atomic E-state index is -2.56. The van der Waals surface area contributed by atoms with E-state index in [2.05, 4.69) is 19.9 Å². The van der Waals surface area contributed by atoms with Gasteiger partial charge in [0.2, 0.25) is 11.6 Å². The van der Waals surface area contributed by atoms with Crippen molar-refractivity contribution in [3.63, 3.8) is 0 Å². The second kappa shape index (κ2) is 14.4. The van der Waals surface area contributed by atoms with Gasteiger partial charge in [-0.05, 0) is 67.8 Å². The summed E-state index contributed by atoms with van der Waals surface area (Å²) < 4.78 is 215. The van der Waals surface area contributed by atoms with E-state index >= 15 is 35.1 Å². The second-order valence-electron chi connectivity index (χ2n) is 14.1. The van der Waals surface area contributed by atoms with Gasteiger partial charge in [-0.1, -0.05) is 0 Å². The van der Waals surface area contributed by atoms with Gasteiger partial charge in [0.15, 0.2) is 69.8 Å². The fourth-order valence-electron chi connectivity index (χ4n) is 7.83. The van der Waals surface area contributed by atoms with E-state index in [0.717, 1.165) is 41.3 Å². The molecule has 5 nitrogen and oxygen atoms in total. The molecule has 2 aliphatic rings. The second-order valence-corrected chi connectivity index (χ2v) is 14.1. The molecule has 0 spiro atoms. The molecule has 3 aromatic carbocycles. The van der Waals surface area contributed by atoms with Gasteiger partial charge in [0.25, 0.3) is 0 Å². The number of nitrogens with one attached hydrogen (secondary N) is 3. The number of halogens is 14. The highest BCUT2D eigenvalue weighted by Crippen LogP contribution is 2.43. The molecule has 1 saturated heterocycles. The number of H-pyrrole nitrogens is 3. The van der Waals surface area contributed by atoms with E-state index in [1.165, 1.54) is 12.1 Å². The molecule has 3 N–H and O–H groups in total. The minimum Gasteiger partial charge on any atom is -0.367 e. The van der Waals surface area contributed by atoms with E-state index in [4.69, 9.17) is 0 Å². The van der Waals surface area contributed by atoms with Crippen LogP contribution in [0.4, 0.5) is 67.2 Å². The quantitative estimate of drug-likeness (QED) is 0.0938. The average Bonchev–Trinajstić information content (AvgIpc) is 4.11. The Bertz CT molecular complexity index is 3110. The maximum Gasteiger partial charge on any atom is 0.200 e. The predicted octanol–water partition coefficient (Wildman–Crippen LogP) is 12.6. The summed E-state index contributed by atoms with van der Waals surface area (Å²) in [5.74, 6) is -31.4. The largest absolute Gasteiger partial charge is 0.367 e. The molecule has 2 aliphatic heterocycles. The van der Waals surface area contributed by atoms with Crippen molar-refractivity contribution in [2.75, 3.05) is 18.0 Å². The molecule has 0 saturated carbocycles. The summed E-state index contributed by atoms with van der Waals surface area (Å²) in [5.41, 5.74) is -11.1. The molecule has 8 bridgehead atoms. The van der Waals surface area contributed by atoms with Crippen LogP contribution >= 0.6 is 0 Å². The van der Waals surface area contributed by atoms with Crippen molar-refractivity contribution in [1.82, 2.24) is 19.9 Å². The number of anilines is 1. The average molecular weight is 862 g/mol. The molecule has 19 heteroatoms. The molecule has 0 amide bonds. The van der Waals surface area contributed by atoms with E-state index in [1.807, 2.05) is 0 Å². The molecule has 0 aliphatic carbocycles. The van der Waals surface area contributed by atoms with E-state index in [0.29, 0.717) is 19.3 Å². The fraction of sp³-hybridized carbons (Fsp3) is 0.119. The van der Waals surface area contributed by atoms with Crippen LogP contribution in [0.3, 0.4) is 0 Å². The van der Waals surface area contributed by atoms with E-state index in [-0.39, 0.29) is 29.8 Å². The van der Waals surface area contributed by atoms with E-state index in [9.17, 15) is 26.3 Å². The maximum atomic E-state index is 16.4. The summed E-state index contributed by atoms with van der Waals surface area (Å²) in [4.78, 5) is 13.3. The van der Waals surface area contributed by atoms with Crippen molar-refractivity contribution >= 4 is 50.9 Å². The standard InChI is InChI=1S/C42H21F14N5/c43-28-25(29(44)35(50)38(53)34(28)49)22-16-6-4-14(57-16)15-5-7-17(58-15)23(27-32(47)40(55)42(41(56)33(27)48)61-12-2-1-3-13-61)19-9-11-21(60-19)24(20-10-8-18(22)59-20)26-30(45)36(51)39(54)37(52)31(26)46/h4-11,58-60H,1-3,12-13H2. The van der Waals surface area contributed by atoms with Crippen LogP contribution in [-0.4, -0.2) is 33.0 Å². The van der Waals surface area contributed by atoms with Gasteiger partial charge in [-0.3, -0.25) is 0 Å². The molecule has 7 aromatic rings. The molecule has 6 heterocycles. The van der Waals surface area contributed by atoms with Crippen LogP contribution in [0.15, 0.2) is 36.4 Å². The number of fused-ring (bicyclic) bond motifs is 9. The lowest BCUT2D eigenvalue weighted by Gasteiger charge is -2.30. The summed E-state index contributed by atoms with van der Waals surface area (Å²) in [7, 11) is 0. The maximum absolute atomic E-state index is 16.4. The summed E-state index contributed by atoms with van der Waals surface area (Å²) >= 11 is 0. The lowest BCUT2D eigenvalue weighted by molar-refractivity contribution is 0.381. The van der Waals surface area contributed by atoms with Gasteiger partial charge in [0.1, 0.15) is 5.69 Å². The van der Waals surface area contributed by atoms with Gasteiger partial charge >= 0.3 is 0 Å². The molecule has 1 fully saturated rings. The van der Waals surface area contributed by atoms with Gasteiger partial charge in [-0.25, -0.2) is 66.4 Å². The Morgan fingerprint density at radius 3 is 1.07 bits per heavy atom. The predicted molar refractivity (Wildman–Crippen MR) is 197 cm³/mol. The molecule has 0 unspecified atom stereocenters. The smallest absolute Gasteiger partial charge is 0.200 e. The fourth-order valence-corrected chi connectivity index (χ4v) is 7.83. The van der Waals surface area contributed by atoms with Gasteiger partial charge < -0.3 is 19.9 Å². The van der Waals surface area contributed by atoms with Crippen molar-refractivity contribution in [2.24, 2.45) is 0 Å². The minimum absolute atomic E-state index is 0.0373. The first kappa shape index (κ1) is 39.7. The number of nitrogens with zero attached hydrogens (tertiary/aromatic N) is 2. The van der Waals surface area contributed by atoms with Crippen LogP contribution in [-0.2, 0) is 0 Å². The lowest BCUT2D eigenvalue weighted by atomic mass is 10.0. The van der Waals surface area contributed by atoms with Crippen LogP contribution in [0, 0.1) is 81.4 Å². The topological polar surface area (TPSA) is 63.5 Å². The molecule has 0 radical (unpaired) electrons. The first-order valence-electron chi connectivity index (χ1n) is 18.1. The van der Waals surface area contributed by atoms with Crippen LogP contribution in [0.5, 0.6) is 0 Å². The number of piperidine rings is 1. The van der Waals surface area contributed by atoms with Gasteiger partial charge in [-0.15, -0.1) is 0 Å². The van der Waals surface area contributed by atoms with Gasteiger partial charge in [0.05, 0.1) is 33.6 Å². The molecule has 4 aromatic heterocycles. The number of hydrogen-bond acceptors (Lipinski definition) is 2.